The maximum Gasteiger partial charge on any atom is 0.111 e. The first-order valence-corrected chi connectivity index (χ1v) is 9.67. The lowest BCUT2D eigenvalue weighted by Crippen LogP contribution is -2.06. The molecule has 1 unspecified atom stereocenters. The fourth-order valence-corrected chi connectivity index (χ4v) is 3.08. The predicted molar refractivity (Wildman–Crippen MR) is 97.6 cm³/mol. The van der Waals surface area contributed by atoms with Gasteiger partial charge in [-0.3, -0.25) is 0 Å². The standard InChI is InChI=1S/C20H38N2/c1-6-8-9-10-11-12-13-14-18(5)20-21-19(17(3)4)16-22(20)15-7-2/h16-18H,6-15H2,1-5H3. The number of imidazole rings is 1. The summed E-state index contributed by atoms with van der Waals surface area (Å²) in [6.07, 6.45) is 14.5. The van der Waals surface area contributed by atoms with Gasteiger partial charge in [-0.15, -0.1) is 0 Å². The lowest BCUT2D eigenvalue weighted by Gasteiger charge is -2.13. The Morgan fingerprint density at radius 2 is 1.55 bits per heavy atom. The van der Waals surface area contributed by atoms with Crippen molar-refractivity contribution in [2.75, 3.05) is 0 Å². The molecule has 1 aromatic rings. The lowest BCUT2D eigenvalue weighted by atomic mass is 10.0. The summed E-state index contributed by atoms with van der Waals surface area (Å²) in [6.45, 7) is 12.5. The largest absolute Gasteiger partial charge is 0.334 e. The van der Waals surface area contributed by atoms with Crippen molar-refractivity contribution in [3.8, 4) is 0 Å². The van der Waals surface area contributed by atoms with Crippen molar-refractivity contribution in [3.63, 3.8) is 0 Å². The molecule has 0 saturated heterocycles. The molecule has 22 heavy (non-hydrogen) atoms. The van der Waals surface area contributed by atoms with Crippen LogP contribution in [-0.2, 0) is 6.54 Å². The van der Waals surface area contributed by atoms with E-state index in [9.17, 15) is 0 Å². The first kappa shape index (κ1) is 19.3. The van der Waals surface area contributed by atoms with E-state index in [2.05, 4.69) is 45.4 Å². The van der Waals surface area contributed by atoms with Gasteiger partial charge in [-0.1, -0.05) is 79.6 Å². The molecule has 0 aliphatic heterocycles. The van der Waals surface area contributed by atoms with Crippen LogP contribution in [0.25, 0.3) is 0 Å². The zero-order valence-corrected chi connectivity index (χ0v) is 15.7. The first-order valence-electron chi connectivity index (χ1n) is 9.67. The SMILES string of the molecule is CCCCCCCCCC(C)c1nc(C(C)C)cn1CCC. The Bertz CT molecular complexity index is 392. The molecule has 0 amide bonds. The van der Waals surface area contributed by atoms with Crippen LogP contribution in [0.1, 0.15) is 116 Å². The molecular weight excluding hydrogens is 268 g/mol. The number of rotatable bonds is 12. The Balaban J connectivity index is 2.42. The first-order chi connectivity index (χ1) is 10.6. The van der Waals surface area contributed by atoms with Gasteiger partial charge in [-0.2, -0.15) is 0 Å². The van der Waals surface area contributed by atoms with E-state index in [4.69, 9.17) is 4.98 Å². The molecule has 0 fully saturated rings. The van der Waals surface area contributed by atoms with Crippen LogP contribution in [0.15, 0.2) is 6.20 Å². The maximum atomic E-state index is 4.93. The van der Waals surface area contributed by atoms with E-state index < -0.39 is 0 Å². The highest BCUT2D eigenvalue weighted by molar-refractivity contribution is 5.11. The summed E-state index contributed by atoms with van der Waals surface area (Å²) in [5.41, 5.74) is 1.26. The molecule has 0 aliphatic carbocycles. The van der Waals surface area contributed by atoms with Crippen molar-refractivity contribution < 1.29 is 0 Å². The summed E-state index contributed by atoms with van der Waals surface area (Å²) in [7, 11) is 0. The number of nitrogens with zero attached hydrogens (tertiary/aromatic N) is 2. The Hall–Kier alpha value is -0.790. The third-order valence-corrected chi connectivity index (χ3v) is 4.56. The number of aryl methyl sites for hydroxylation is 1. The highest BCUT2D eigenvalue weighted by Crippen LogP contribution is 2.24. The number of unbranched alkanes of at least 4 members (excludes halogenated alkanes) is 6. The maximum absolute atomic E-state index is 4.93. The van der Waals surface area contributed by atoms with Crippen LogP contribution in [0.5, 0.6) is 0 Å². The molecule has 1 atom stereocenters. The molecule has 0 aromatic carbocycles. The molecule has 2 heteroatoms. The molecule has 1 aromatic heterocycles. The van der Waals surface area contributed by atoms with Gasteiger partial charge in [0.2, 0.25) is 0 Å². The third-order valence-electron chi connectivity index (χ3n) is 4.56. The molecule has 0 saturated carbocycles. The fourth-order valence-electron chi connectivity index (χ4n) is 3.08. The molecule has 1 heterocycles. The van der Waals surface area contributed by atoms with Gasteiger partial charge in [-0.05, 0) is 18.8 Å². The Morgan fingerprint density at radius 1 is 0.909 bits per heavy atom. The number of hydrogen-bond acceptors (Lipinski definition) is 1. The molecule has 0 spiro atoms. The predicted octanol–water partition coefficient (Wildman–Crippen LogP) is 6.66. The van der Waals surface area contributed by atoms with Crippen molar-refractivity contribution in [3.05, 3.63) is 17.7 Å². The van der Waals surface area contributed by atoms with Crippen LogP contribution < -0.4 is 0 Å². The van der Waals surface area contributed by atoms with Crippen molar-refractivity contribution in [2.24, 2.45) is 0 Å². The van der Waals surface area contributed by atoms with Gasteiger partial charge in [0.05, 0.1) is 5.69 Å². The topological polar surface area (TPSA) is 17.8 Å². The highest BCUT2D eigenvalue weighted by Gasteiger charge is 2.15. The van der Waals surface area contributed by atoms with Crippen LogP contribution in [0, 0.1) is 0 Å². The summed E-state index contributed by atoms with van der Waals surface area (Å²) >= 11 is 0. The van der Waals surface area contributed by atoms with Gasteiger partial charge in [0.1, 0.15) is 5.82 Å². The van der Waals surface area contributed by atoms with E-state index in [0.717, 1.165) is 6.54 Å². The molecular formula is C20H38N2. The van der Waals surface area contributed by atoms with Gasteiger partial charge in [0, 0.05) is 18.7 Å². The van der Waals surface area contributed by atoms with Gasteiger partial charge in [-0.25, -0.2) is 4.98 Å². The second-order valence-electron chi connectivity index (χ2n) is 7.18. The van der Waals surface area contributed by atoms with E-state index in [1.54, 1.807) is 0 Å². The minimum Gasteiger partial charge on any atom is -0.334 e. The lowest BCUT2D eigenvalue weighted by molar-refractivity contribution is 0.517. The summed E-state index contributed by atoms with van der Waals surface area (Å²) in [6, 6.07) is 0. The molecule has 0 radical (unpaired) electrons. The Labute approximate surface area is 138 Å². The fraction of sp³-hybridized carbons (Fsp3) is 0.850. The quantitative estimate of drug-likeness (QED) is 0.395. The molecule has 0 bridgehead atoms. The second kappa shape index (κ2) is 10.9. The van der Waals surface area contributed by atoms with Gasteiger partial charge >= 0.3 is 0 Å². The number of aromatic nitrogens is 2. The average Bonchev–Trinajstić information content (AvgIpc) is 2.91. The smallest absolute Gasteiger partial charge is 0.111 e. The minimum atomic E-state index is 0.530. The van der Waals surface area contributed by atoms with Crippen molar-refractivity contribution in [2.45, 2.75) is 111 Å². The van der Waals surface area contributed by atoms with Crippen molar-refractivity contribution >= 4 is 0 Å². The summed E-state index contributed by atoms with van der Waals surface area (Å²) in [5.74, 6) is 2.44. The average molecular weight is 307 g/mol. The molecule has 1 rings (SSSR count). The van der Waals surface area contributed by atoms with Gasteiger partial charge in [0.15, 0.2) is 0 Å². The normalized spacial score (nSPS) is 13.0. The highest BCUT2D eigenvalue weighted by atomic mass is 15.1. The van der Waals surface area contributed by atoms with Crippen LogP contribution in [-0.4, -0.2) is 9.55 Å². The minimum absolute atomic E-state index is 0.530. The van der Waals surface area contributed by atoms with Crippen LogP contribution in [0.4, 0.5) is 0 Å². The van der Waals surface area contributed by atoms with Gasteiger partial charge < -0.3 is 4.57 Å². The van der Waals surface area contributed by atoms with E-state index in [0.29, 0.717) is 11.8 Å². The monoisotopic (exact) mass is 306 g/mol. The summed E-state index contributed by atoms with van der Waals surface area (Å²) in [5, 5.41) is 0. The Morgan fingerprint density at radius 3 is 2.14 bits per heavy atom. The summed E-state index contributed by atoms with van der Waals surface area (Å²) in [4.78, 5) is 4.93. The Kier molecular flexibility index (Phi) is 9.50. The molecule has 0 N–H and O–H groups in total. The van der Waals surface area contributed by atoms with Crippen molar-refractivity contribution in [1.82, 2.24) is 9.55 Å². The van der Waals surface area contributed by atoms with Crippen LogP contribution >= 0.6 is 0 Å². The van der Waals surface area contributed by atoms with E-state index >= 15 is 0 Å². The van der Waals surface area contributed by atoms with Crippen LogP contribution in [0.2, 0.25) is 0 Å². The zero-order chi connectivity index (χ0) is 16.4. The molecule has 128 valence electrons. The van der Waals surface area contributed by atoms with E-state index in [1.807, 2.05) is 0 Å². The molecule has 2 nitrogen and oxygen atoms in total. The van der Waals surface area contributed by atoms with E-state index in [-0.39, 0.29) is 0 Å². The summed E-state index contributed by atoms with van der Waals surface area (Å²) < 4.78 is 2.40. The zero-order valence-electron chi connectivity index (χ0n) is 15.7. The molecule has 0 aliphatic rings. The van der Waals surface area contributed by atoms with Gasteiger partial charge in [0.25, 0.3) is 0 Å². The third kappa shape index (κ3) is 6.54. The van der Waals surface area contributed by atoms with E-state index in [1.165, 1.54) is 69.3 Å². The second-order valence-corrected chi connectivity index (χ2v) is 7.18. The van der Waals surface area contributed by atoms with Crippen molar-refractivity contribution in [1.29, 1.82) is 0 Å². The van der Waals surface area contributed by atoms with Crippen LogP contribution in [0.3, 0.4) is 0 Å². The number of hydrogen-bond donors (Lipinski definition) is 0.